The topological polar surface area (TPSA) is 99.0 Å². The third-order valence-electron chi connectivity index (χ3n) is 4.80. The number of carbonyl (C=O) groups excluding carboxylic acids is 1. The van der Waals surface area contributed by atoms with Crippen molar-refractivity contribution in [1.29, 1.82) is 0 Å². The highest BCUT2D eigenvalue weighted by atomic mass is 19.4. The first-order valence-corrected chi connectivity index (χ1v) is 9.68. The molecule has 0 fully saturated rings. The molecular formula is C21H18F7N5O. The molecule has 0 bridgehead atoms. The van der Waals surface area contributed by atoms with E-state index < -0.39 is 35.1 Å². The lowest BCUT2D eigenvalue weighted by molar-refractivity contribution is -0.143. The first-order valence-electron chi connectivity index (χ1n) is 9.68. The highest BCUT2D eigenvalue weighted by Gasteiger charge is 2.36. The molecule has 5 N–H and O–H groups in total. The first-order chi connectivity index (χ1) is 15.8. The Balaban J connectivity index is 0.000000197. The van der Waals surface area contributed by atoms with Gasteiger partial charge in [0.1, 0.15) is 11.5 Å². The van der Waals surface area contributed by atoms with E-state index in [2.05, 4.69) is 10.4 Å². The largest absolute Gasteiger partial charge is 0.416 e. The maximum Gasteiger partial charge on any atom is 0.416 e. The molecule has 0 spiro atoms. The van der Waals surface area contributed by atoms with Crippen LogP contribution in [0.25, 0.3) is 11.3 Å². The quantitative estimate of drug-likeness (QED) is 0.371. The van der Waals surface area contributed by atoms with Crippen LogP contribution in [0, 0.1) is 5.82 Å². The molecule has 1 aliphatic heterocycles. The minimum Gasteiger partial charge on any atom is -0.399 e. The van der Waals surface area contributed by atoms with Crippen molar-refractivity contribution in [1.82, 2.24) is 15.1 Å². The van der Waals surface area contributed by atoms with Crippen molar-refractivity contribution in [2.24, 2.45) is 5.73 Å². The molecule has 2 heterocycles. The Morgan fingerprint density at radius 2 is 1.62 bits per heavy atom. The van der Waals surface area contributed by atoms with E-state index in [1.807, 2.05) is 0 Å². The van der Waals surface area contributed by atoms with Gasteiger partial charge in [-0.05, 0) is 30.3 Å². The van der Waals surface area contributed by atoms with Crippen LogP contribution in [-0.4, -0.2) is 22.2 Å². The van der Waals surface area contributed by atoms with Crippen LogP contribution < -0.4 is 16.8 Å². The molecule has 6 nitrogen and oxygen atoms in total. The number of nitrogens with zero attached hydrogens (tertiary/aromatic N) is 2. The van der Waals surface area contributed by atoms with Crippen LogP contribution >= 0.6 is 0 Å². The van der Waals surface area contributed by atoms with Crippen LogP contribution in [0.4, 0.5) is 36.4 Å². The molecule has 1 amide bonds. The summed E-state index contributed by atoms with van der Waals surface area (Å²) in [6.07, 6.45) is -9.68. The minimum absolute atomic E-state index is 0.0242. The number of rotatable bonds is 2. The van der Waals surface area contributed by atoms with E-state index in [0.717, 1.165) is 12.2 Å². The van der Waals surface area contributed by atoms with Crippen LogP contribution in [0.2, 0.25) is 0 Å². The maximum atomic E-state index is 13.3. The van der Waals surface area contributed by atoms with Gasteiger partial charge in [-0.3, -0.25) is 9.48 Å². The van der Waals surface area contributed by atoms with Gasteiger partial charge in [0.15, 0.2) is 0 Å². The zero-order valence-electron chi connectivity index (χ0n) is 17.3. The first kappa shape index (κ1) is 25.0. The number of primary amides is 1. The molecular weight excluding hydrogens is 471 g/mol. The number of nitrogens with two attached hydrogens (primary N) is 2. The highest BCUT2D eigenvalue weighted by molar-refractivity contribution is 6.00. The van der Waals surface area contributed by atoms with Crippen molar-refractivity contribution >= 4 is 11.6 Å². The number of alkyl halides is 6. The fourth-order valence-electron chi connectivity index (χ4n) is 3.33. The maximum absolute atomic E-state index is 13.3. The number of halogens is 7. The Labute approximate surface area is 188 Å². The molecule has 13 heteroatoms. The molecule has 0 saturated heterocycles. The molecule has 2 aromatic carbocycles. The molecule has 1 aliphatic rings. The van der Waals surface area contributed by atoms with E-state index in [1.165, 1.54) is 12.1 Å². The minimum atomic E-state index is -4.84. The standard InChI is InChI=1S/C13H13FN4O.C8H5F6N/c14-9-3-1-2-8(6-9)12-11(13(15)19)10-7-16-4-5-18(10)17-12;9-7(10,11)4-1-5(8(12,13)14)3-6(15)2-4/h1-3,6,16H,4-5,7H2,(H2,15,19);1-3H,15H2. The number of fused-ring (bicyclic) bond motifs is 1. The average molecular weight is 489 g/mol. The van der Waals surface area contributed by atoms with Crippen molar-refractivity contribution < 1.29 is 35.5 Å². The molecule has 34 heavy (non-hydrogen) atoms. The predicted octanol–water partition coefficient (Wildman–Crippen LogP) is 4.20. The summed E-state index contributed by atoms with van der Waals surface area (Å²) in [6.45, 7) is 2.00. The Bertz CT molecular complexity index is 1170. The molecule has 0 aliphatic carbocycles. The second-order valence-corrected chi connectivity index (χ2v) is 7.28. The third kappa shape index (κ3) is 5.65. The number of amides is 1. The van der Waals surface area contributed by atoms with Gasteiger partial charge in [-0.15, -0.1) is 0 Å². The van der Waals surface area contributed by atoms with Gasteiger partial charge < -0.3 is 16.8 Å². The van der Waals surface area contributed by atoms with Crippen molar-refractivity contribution in [2.45, 2.75) is 25.4 Å². The molecule has 0 atom stereocenters. The number of benzene rings is 2. The van der Waals surface area contributed by atoms with Crippen LogP contribution in [-0.2, 0) is 25.4 Å². The number of nitrogen functional groups attached to an aromatic ring is 1. The highest BCUT2D eigenvalue weighted by Crippen LogP contribution is 2.36. The van der Waals surface area contributed by atoms with Gasteiger partial charge in [0.25, 0.3) is 5.91 Å². The Morgan fingerprint density at radius 3 is 2.15 bits per heavy atom. The summed E-state index contributed by atoms with van der Waals surface area (Å²) in [6, 6.07) is 6.95. The number of aromatic nitrogens is 2. The van der Waals surface area contributed by atoms with Crippen LogP contribution in [0.3, 0.4) is 0 Å². The summed E-state index contributed by atoms with van der Waals surface area (Å²) < 4.78 is 87.7. The summed E-state index contributed by atoms with van der Waals surface area (Å²) in [5, 5.41) is 7.56. The van der Waals surface area contributed by atoms with Gasteiger partial charge in [-0.1, -0.05) is 12.1 Å². The summed E-state index contributed by atoms with van der Waals surface area (Å²) in [7, 11) is 0. The second kappa shape index (κ2) is 9.33. The molecule has 0 unspecified atom stereocenters. The Hall–Kier alpha value is -3.61. The van der Waals surface area contributed by atoms with Crippen molar-refractivity contribution in [2.75, 3.05) is 12.3 Å². The van der Waals surface area contributed by atoms with Crippen LogP contribution in [0.1, 0.15) is 27.2 Å². The van der Waals surface area contributed by atoms with E-state index >= 15 is 0 Å². The molecule has 0 saturated carbocycles. The molecule has 182 valence electrons. The number of carbonyl (C=O) groups is 1. The lowest BCUT2D eigenvalue weighted by Gasteiger charge is -2.15. The van der Waals surface area contributed by atoms with Gasteiger partial charge in [0.05, 0.1) is 28.9 Å². The van der Waals surface area contributed by atoms with Crippen molar-refractivity contribution in [3.8, 4) is 11.3 Å². The molecule has 4 rings (SSSR count). The number of hydrogen-bond donors (Lipinski definition) is 3. The average Bonchev–Trinajstić information content (AvgIpc) is 3.12. The number of hydrogen-bond acceptors (Lipinski definition) is 4. The van der Waals surface area contributed by atoms with Gasteiger partial charge in [0, 0.05) is 24.3 Å². The van der Waals surface area contributed by atoms with E-state index in [9.17, 15) is 35.5 Å². The summed E-state index contributed by atoms with van der Waals surface area (Å²) in [5.41, 5.74) is 9.16. The van der Waals surface area contributed by atoms with Crippen LogP contribution in [0.15, 0.2) is 42.5 Å². The van der Waals surface area contributed by atoms with E-state index in [-0.39, 0.29) is 11.9 Å². The van der Waals surface area contributed by atoms with Gasteiger partial charge >= 0.3 is 12.4 Å². The molecule has 1 aromatic heterocycles. The zero-order chi connectivity index (χ0) is 25.3. The third-order valence-corrected chi connectivity index (χ3v) is 4.80. The van der Waals surface area contributed by atoms with Gasteiger partial charge in [-0.25, -0.2) is 4.39 Å². The predicted molar refractivity (Wildman–Crippen MR) is 109 cm³/mol. The van der Waals surface area contributed by atoms with E-state index in [1.54, 1.807) is 16.8 Å². The monoisotopic (exact) mass is 489 g/mol. The van der Waals surface area contributed by atoms with E-state index in [4.69, 9.17) is 11.5 Å². The normalized spacial score (nSPS) is 13.6. The lowest BCUT2D eigenvalue weighted by atomic mass is 10.0. The van der Waals surface area contributed by atoms with Crippen molar-refractivity contribution in [3.05, 3.63) is 70.7 Å². The Kier molecular flexibility index (Phi) is 6.87. The van der Waals surface area contributed by atoms with Gasteiger partial charge in [-0.2, -0.15) is 31.4 Å². The fraction of sp³-hybridized carbons (Fsp3) is 0.238. The smallest absolute Gasteiger partial charge is 0.399 e. The summed E-state index contributed by atoms with van der Waals surface area (Å²) in [4.78, 5) is 11.7. The number of anilines is 1. The fourth-order valence-corrected chi connectivity index (χ4v) is 3.33. The summed E-state index contributed by atoms with van der Waals surface area (Å²) >= 11 is 0. The Morgan fingerprint density at radius 1 is 1.00 bits per heavy atom. The summed E-state index contributed by atoms with van der Waals surface area (Å²) in [5.74, 6) is -0.902. The zero-order valence-corrected chi connectivity index (χ0v) is 17.3. The SMILES string of the molecule is NC(=O)c1c(-c2cccc(F)c2)nn2c1CNCC2.Nc1cc(C(F)(F)F)cc(C(F)(F)F)c1. The van der Waals surface area contributed by atoms with Crippen molar-refractivity contribution in [3.63, 3.8) is 0 Å². The van der Waals surface area contributed by atoms with E-state index in [0.29, 0.717) is 42.0 Å². The second-order valence-electron chi connectivity index (χ2n) is 7.28. The lowest BCUT2D eigenvalue weighted by Crippen LogP contribution is -2.30. The molecule has 3 aromatic rings. The van der Waals surface area contributed by atoms with Crippen LogP contribution in [0.5, 0.6) is 0 Å². The molecule has 0 radical (unpaired) electrons. The number of nitrogens with one attached hydrogen (secondary N) is 1. The van der Waals surface area contributed by atoms with Gasteiger partial charge in [0.2, 0.25) is 0 Å².